The molecule has 5 heteroatoms. The van der Waals surface area contributed by atoms with E-state index in [1.807, 2.05) is 12.1 Å². The largest absolute Gasteiger partial charge is 0.684 e. The van der Waals surface area contributed by atoms with Crippen molar-refractivity contribution < 1.29 is 45.9 Å². The van der Waals surface area contributed by atoms with Crippen LogP contribution < -0.4 is 0 Å². The molecule has 3 rings (SSSR count). The molecule has 2 aliphatic rings. The number of hydrogen-bond donors (Lipinski definition) is 0. The van der Waals surface area contributed by atoms with Crippen molar-refractivity contribution in [2.45, 2.75) is 31.9 Å². The van der Waals surface area contributed by atoms with Crippen molar-refractivity contribution >= 4 is 5.69 Å². The van der Waals surface area contributed by atoms with Crippen molar-refractivity contribution in [2.75, 3.05) is 6.54 Å². The second-order valence-electron chi connectivity index (χ2n) is 5.12. The summed E-state index contributed by atoms with van der Waals surface area (Å²) in [6, 6.07) is 5.50. The fourth-order valence-corrected chi connectivity index (χ4v) is 2.35. The molecule has 1 aliphatic carbocycles. The van der Waals surface area contributed by atoms with E-state index >= 15 is 0 Å². The molecule has 0 bridgehead atoms. The molecule has 0 amide bonds. The molecule has 1 aromatic carbocycles. The Bertz CT molecular complexity index is 565. The first-order valence-corrected chi connectivity index (χ1v) is 6.41. The maximum Gasteiger partial charge on any atom is 0.405 e. The van der Waals surface area contributed by atoms with E-state index in [1.165, 1.54) is 0 Å². The fourth-order valence-electron chi connectivity index (χ4n) is 2.35. The quantitative estimate of drug-likeness (QED) is 0.617. The third kappa shape index (κ3) is 2.89. The van der Waals surface area contributed by atoms with Crippen LogP contribution in [-0.4, -0.2) is 12.7 Å². The summed E-state index contributed by atoms with van der Waals surface area (Å²) in [6.45, 7) is 0.788. The number of benzene rings is 1. The summed E-state index contributed by atoms with van der Waals surface area (Å²) in [5.74, 6) is 5.21. The van der Waals surface area contributed by atoms with Gasteiger partial charge in [0.25, 0.3) is 0 Å². The smallest absolute Gasteiger partial charge is 0.405 e. The van der Waals surface area contributed by atoms with Gasteiger partial charge in [-0.3, -0.25) is 0 Å². The maximum atomic E-state index is 12.8. The third-order valence-corrected chi connectivity index (χ3v) is 3.75. The van der Waals surface area contributed by atoms with Gasteiger partial charge >= 0.3 is 6.18 Å². The Morgan fingerprint density at radius 1 is 1.20 bits per heavy atom. The number of hydrogen-bond acceptors (Lipinski definition) is 0. The van der Waals surface area contributed by atoms with Gasteiger partial charge in [0.05, 0.1) is 0 Å². The summed E-state index contributed by atoms with van der Waals surface area (Å²) >= 11 is 0. The van der Waals surface area contributed by atoms with E-state index < -0.39 is 11.6 Å². The Kier molecular flexibility index (Phi) is 4.51. The first-order chi connectivity index (χ1) is 9.02. The van der Waals surface area contributed by atoms with E-state index in [4.69, 9.17) is 0 Å². The van der Waals surface area contributed by atoms with Gasteiger partial charge in [-0.1, -0.05) is 30.4 Å². The van der Waals surface area contributed by atoms with Gasteiger partial charge in [0.15, 0.2) is 0 Å². The summed E-state index contributed by atoms with van der Waals surface area (Å²) in [4.78, 5) is 0. The Morgan fingerprint density at radius 3 is 2.60 bits per heavy atom. The molecule has 1 heterocycles. The minimum Gasteiger partial charge on any atom is -0.684 e. The summed E-state index contributed by atoms with van der Waals surface area (Å²) < 4.78 is 38.5. The topological polar surface area (TPSA) is 14.1 Å². The van der Waals surface area contributed by atoms with Gasteiger partial charge in [-0.05, 0) is 30.9 Å². The molecule has 0 aromatic heterocycles. The Hall–Kier alpha value is -0.526. The minimum atomic E-state index is -4.21. The molecule has 103 valence electrons. The minimum absolute atomic E-state index is 0. The molecular formula is C15H13F3NY-. The van der Waals surface area contributed by atoms with Crippen molar-refractivity contribution in [2.24, 2.45) is 5.41 Å². The van der Waals surface area contributed by atoms with Crippen molar-refractivity contribution in [1.82, 2.24) is 0 Å². The van der Waals surface area contributed by atoms with Crippen LogP contribution in [0.2, 0.25) is 0 Å². The zero-order valence-electron chi connectivity index (χ0n) is 10.9. The average molecular weight is 353 g/mol. The van der Waals surface area contributed by atoms with Gasteiger partial charge in [0, 0.05) is 38.3 Å². The van der Waals surface area contributed by atoms with Crippen LogP contribution in [0.4, 0.5) is 18.9 Å². The number of fused-ring (bicyclic) bond motifs is 1. The SMILES string of the molecule is FC(F)(F)C1(C#Cc2cccc3c2CCC[N-]3)CC1.[Y]. The summed E-state index contributed by atoms with van der Waals surface area (Å²) in [5.41, 5.74) is 0.840. The molecule has 0 spiro atoms. The van der Waals surface area contributed by atoms with Crippen molar-refractivity contribution in [1.29, 1.82) is 0 Å². The van der Waals surface area contributed by atoms with Crippen molar-refractivity contribution in [3.8, 4) is 11.8 Å². The average Bonchev–Trinajstić information content (AvgIpc) is 3.17. The molecule has 0 unspecified atom stereocenters. The molecule has 0 saturated heterocycles. The molecule has 1 nitrogen and oxygen atoms in total. The monoisotopic (exact) mass is 353 g/mol. The van der Waals surface area contributed by atoms with Crippen LogP contribution in [0.1, 0.15) is 30.4 Å². The summed E-state index contributed by atoms with van der Waals surface area (Å²) in [5, 5.41) is 4.37. The van der Waals surface area contributed by atoms with E-state index in [9.17, 15) is 13.2 Å². The normalized spacial score (nSPS) is 18.8. The molecule has 0 N–H and O–H groups in total. The van der Waals surface area contributed by atoms with Gasteiger partial charge in [-0.2, -0.15) is 13.2 Å². The van der Waals surface area contributed by atoms with E-state index in [0.717, 1.165) is 30.6 Å². The second kappa shape index (κ2) is 5.69. The van der Waals surface area contributed by atoms with E-state index in [0.29, 0.717) is 5.56 Å². The van der Waals surface area contributed by atoms with Crippen LogP contribution in [0.15, 0.2) is 18.2 Å². The number of halogens is 3. The first-order valence-electron chi connectivity index (χ1n) is 6.41. The van der Waals surface area contributed by atoms with E-state index in [1.54, 1.807) is 6.07 Å². The van der Waals surface area contributed by atoms with Crippen LogP contribution in [0.3, 0.4) is 0 Å². The Labute approximate surface area is 141 Å². The van der Waals surface area contributed by atoms with E-state index in [2.05, 4.69) is 17.2 Å². The number of alkyl halides is 3. The van der Waals surface area contributed by atoms with Gasteiger partial charge in [0.2, 0.25) is 0 Å². The van der Waals surface area contributed by atoms with Gasteiger partial charge in [-0.15, -0.1) is 12.2 Å². The maximum absolute atomic E-state index is 12.8. The first kappa shape index (κ1) is 15.9. The third-order valence-electron chi connectivity index (χ3n) is 3.75. The fraction of sp³-hybridized carbons (Fsp3) is 0.467. The van der Waals surface area contributed by atoms with Gasteiger partial charge in [-0.25, -0.2) is 0 Å². The predicted molar refractivity (Wildman–Crippen MR) is 67.2 cm³/mol. The van der Waals surface area contributed by atoms with Crippen LogP contribution in [0, 0.1) is 17.3 Å². The standard InChI is InChI=1S/C15H13F3N.Y/c16-15(17,18)14(8-9-14)7-6-11-3-1-5-13-12(11)4-2-10-19-13;/h1,3,5H,2,4,8-10H2;/q-1;. The Morgan fingerprint density at radius 2 is 1.95 bits per heavy atom. The zero-order chi connectivity index (χ0) is 13.5. The van der Waals surface area contributed by atoms with Crippen molar-refractivity contribution in [3.63, 3.8) is 0 Å². The molecule has 1 radical (unpaired) electrons. The summed E-state index contributed by atoms with van der Waals surface area (Å²) in [6.07, 6.45) is -2.16. The van der Waals surface area contributed by atoms with E-state index in [-0.39, 0.29) is 45.6 Å². The molecule has 1 fully saturated rings. The van der Waals surface area contributed by atoms with Crippen LogP contribution in [0.25, 0.3) is 5.32 Å². The van der Waals surface area contributed by atoms with Gasteiger partial charge < -0.3 is 5.32 Å². The predicted octanol–water partition coefficient (Wildman–Crippen LogP) is 4.33. The van der Waals surface area contributed by atoms with Crippen LogP contribution in [-0.2, 0) is 39.1 Å². The van der Waals surface area contributed by atoms with Crippen LogP contribution in [0.5, 0.6) is 0 Å². The molecule has 0 atom stereocenters. The molecule has 20 heavy (non-hydrogen) atoms. The molecule has 1 aliphatic heterocycles. The number of nitrogens with zero attached hydrogens (tertiary/aromatic N) is 1. The zero-order valence-corrected chi connectivity index (χ0v) is 13.8. The molecular weight excluding hydrogens is 340 g/mol. The molecule has 1 aromatic rings. The number of rotatable bonds is 0. The van der Waals surface area contributed by atoms with Crippen molar-refractivity contribution in [3.05, 3.63) is 34.6 Å². The second-order valence-corrected chi connectivity index (χ2v) is 5.12. The van der Waals surface area contributed by atoms with Crippen LogP contribution >= 0.6 is 0 Å². The summed E-state index contributed by atoms with van der Waals surface area (Å²) in [7, 11) is 0. The molecule has 1 saturated carbocycles. The van der Waals surface area contributed by atoms with Gasteiger partial charge in [0.1, 0.15) is 5.41 Å². The Balaban J connectivity index is 0.00000147.